The van der Waals surface area contributed by atoms with Gasteiger partial charge >= 0.3 is 0 Å². The number of nitriles is 1. The minimum absolute atomic E-state index is 0.0847. The summed E-state index contributed by atoms with van der Waals surface area (Å²) >= 11 is 1.39. The first-order chi connectivity index (χ1) is 15.4. The molecule has 0 radical (unpaired) electrons. The second kappa shape index (κ2) is 7.91. The van der Waals surface area contributed by atoms with Gasteiger partial charge in [0.2, 0.25) is 0 Å². The van der Waals surface area contributed by atoms with E-state index in [9.17, 15) is 10.1 Å². The number of nitrogens with two attached hydrogens (primary N) is 1. The van der Waals surface area contributed by atoms with Crippen LogP contribution in [-0.2, 0) is 6.54 Å². The molecule has 7 nitrogen and oxygen atoms in total. The number of aromatic nitrogens is 2. The van der Waals surface area contributed by atoms with E-state index in [0.29, 0.717) is 4.88 Å². The summed E-state index contributed by atoms with van der Waals surface area (Å²) in [6.07, 6.45) is 7.49. The van der Waals surface area contributed by atoms with Crippen LogP contribution >= 0.6 is 11.3 Å². The number of piperidine rings is 1. The molecular weight excluding hydrogens is 422 g/mol. The van der Waals surface area contributed by atoms with Crippen LogP contribution in [-0.4, -0.2) is 34.4 Å². The molecular formula is C24H27N5O2S. The highest BCUT2D eigenvalue weighted by Gasteiger charge is 2.49. The van der Waals surface area contributed by atoms with Crippen molar-refractivity contribution in [1.29, 1.82) is 5.26 Å². The molecule has 2 fully saturated rings. The van der Waals surface area contributed by atoms with Gasteiger partial charge in [-0.3, -0.25) is 9.69 Å². The number of nitrogens with zero attached hydrogens (tertiary/aromatic N) is 3. The molecule has 3 N–H and O–H groups in total. The van der Waals surface area contributed by atoms with Gasteiger partial charge in [-0.15, -0.1) is 11.3 Å². The fourth-order valence-corrected chi connectivity index (χ4v) is 6.50. The van der Waals surface area contributed by atoms with Crippen LogP contribution in [0, 0.1) is 29.6 Å². The van der Waals surface area contributed by atoms with Crippen LogP contribution in [0.1, 0.15) is 57.5 Å². The number of benzene rings is 1. The Hall–Kier alpha value is -2.89. The maximum Gasteiger partial charge on any atom is 0.260 e. The number of rotatable bonds is 5. The third-order valence-electron chi connectivity index (χ3n) is 7.28. The van der Waals surface area contributed by atoms with Crippen molar-refractivity contribution in [1.82, 2.24) is 14.9 Å². The van der Waals surface area contributed by atoms with Crippen LogP contribution in [0.5, 0.6) is 5.75 Å². The summed E-state index contributed by atoms with van der Waals surface area (Å²) in [5.41, 5.74) is 9.15. The monoisotopic (exact) mass is 449 g/mol. The summed E-state index contributed by atoms with van der Waals surface area (Å²) in [6.45, 7) is 3.73. The zero-order chi connectivity index (χ0) is 22.5. The number of ether oxygens (including phenoxy) is 1. The molecule has 1 spiro atoms. The number of thiazole rings is 1. The van der Waals surface area contributed by atoms with Gasteiger partial charge in [-0.05, 0) is 62.3 Å². The van der Waals surface area contributed by atoms with Crippen LogP contribution in [0.25, 0.3) is 10.9 Å². The highest BCUT2D eigenvalue weighted by atomic mass is 32.1. The van der Waals surface area contributed by atoms with Crippen LogP contribution < -0.4 is 10.5 Å². The van der Waals surface area contributed by atoms with Crippen molar-refractivity contribution >= 4 is 28.1 Å². The van der Waals surface area contributed by atoms with Crippen LogP contribution in [0.3, 0.4) is 0 Å². The molecule has 8 heteroatoms. The lowest BCUT2D eigenvalue weighted by atomic mass is 9.56. The maximum atomic E-state index is 11.7. The van der Waals surface area contributed by atoms with Crippen molar-refractivity contribution in [3.63, 3.8) is 0 Å². The number of likely N-dealkylation sites (tertiary alicyclic amines) is 1. The summed E-state index contributed by atoms with van der Waals surface area (Å²) in [6, 6.07) is 6.71. The number of carbonyl (C=O) groups excluding carboxylic acids is 1. The van der Waals surface area contributed by atoms with Crippen LogP contribution in [0.15, 0.2) is 24.5 Å². The molecule has 1 unspecified atom stereocenters. The van der Waals surface area contributed by atoms with Gasteiger partial charge in [0.1, 0.15) is 15.6 Å². The van der Waals surface area contributed by atoms with Gasteiger partial charge in [-0.2, -0.15) is 5.26 Å². The molecule has 166 valence electrons. The number of amides is 1. The summed E-state index contributed by atoms with van der Waals surface area (Å²) in [5.74, 6) is 0.614. The molecule has 3 aromatic rings. The number of nitrogens with one attached hydrogen (secondary N) is 1. The second-order valence-electron chi connectivity index (χ2n) is 9.24. The van der Waals surface area contributed by atoms with Crippen molar-refractivity contribution in [3.05, 3.63) is 45.5 Å². The van der Waals surface area contributed by atoms with E-state index >= 15 is 0 Å². The SMILES string of the molecule is COc1cc(C)c2[nH]ccc2c1CN1CCC2(CC(C#N)C2)CC1c1ncc(C(N)=O)s1. The Kier molecular flexibility index (Phi) is 5.19. The summed E-state index contributed by atoms with van der Waals surface area (Å²) in [7, 11) is 1.72. The zero-order valence-corrected chi connectivity index (χ0v) is 19.2. The number of H-pyrrole nitrogens is 1. The van der Waals surface area contributed by atoms with E-state index in [2.05, 4.69) is 40.0 Å². The average Bonchev–Trinajstić information content (AvgIpc) is 3.44. The van der Waals surface area contributed by atoms with E-state index in [0.717, 1.165) is 66.2 Å². The summed E-state index contributed by atoms with van der Waals surface area (Å²) in [5, 5.41) is 11.4. The van der Waals surface area contributed by atoms with Crippen molar-refractivity contribution in [2.24, 2.45) is 17.1 Å². The number of aryl methyl sites for hydroxylation is 1. The Morgan fingerprint density at radius 1 is 1.47 bits per heavy atom. The van der Waals surface area contributed by atoms with E-state index in [1.54, 1.807) is 13.3 Å². The van der Waals surface area contributed by atoms with E-state index < -0.39 is 5.91 Å². The average molecular weight is 450 g/mol. The molecule has 5 rings (SSSR count). The molecule has 2 aromatic heterocycles. The van der Waals surface area contributed by atoms with Gasteiger partial charge < -0.3 is 15.5 Å². The molecule has 1 aliphatic heterocycles. The molecule has 1 aliphatic carbocycles. The maximum absolute atomic E-state index is 11.7. The number of methoxy groups -OCH3 is 1. The Morgan fingerprint density at radius 3 is 2.97 bits per heavy atom. The van der Waals surface area contributed by atoms with E-state index in [4.69, 9.17) is 10.5 Å². The molecule has 1 amide bonds. The lowest BCUT2D eigenvalue weighted by molar-refractivity contribution is -0.0298. The van der Waals surface area contributed by atoms with Gasteiger partial charge in [0, 0.05) is 35.1 Å². The molecule has 1 saturated heterocycles. The molecule has 32 heavy (non-hydrogen) atoms. The normalized spacial score (nSPS) is 25.5. The van der Waals surface area contributed by atoms with E-state index in [1.165, 1.54) is 16.7 Å². The van der Waals surface area contributed by atoms with Gasteiger partial charge in [-0.1, -0.05) is 0 Å². The highest BCUT2D eigenvalue weighted by molar-refractivity contribution is 7.13. The lowest BCUT2D eigenvalue weighted by Crippen LogP contribution is -2.48. The molecule has 0 bridgehead atoms. The van der Waals surface area contributed by atoms with E-state index in [1.807, 2.05) is 6.20 Å². The minimum Gasteiger partial charge on any atom is -0.496 e. The molecule has 3 heterocycles. The summed E-state index contributed by atoms with van der Waals surface area (Å²) in [4.78, 5) is 22.6. The molecule has 1 saturated carbocycles. The number of carbonyl (C=O) groups is 1. The van der Waals surface area contributed by atoms with Crippen molar-refractivity contribution in [3.8, 4) is 11.8 Å². The fourth-order valence-electron chi connectivity index (χ4n) is 5.60. The van der Waals surface area contributed by atoms with Gasteiger partial charge in [0.25, 0.3) is 5.91 Å². The minimum atomic E-state index is -0.437. The first-order valence-corrected chi connectivity index (χ1v) is 11.8. The van der Waals surface area contributed by atoms with Gasteiger partial charge in [-0.25, -0.2) is 4.98 Å². The quantitative estimate of drug-likeness (QED) is 0.604. The predicted molar refractivity (Wildman–Crippen MR) is 123 cm³/mol. The topological polar surface area (TPSA) is 108 Å². The Morgan fingerprint density at radius 2 is 2.28 bits per heavy atom. The molecule has 1 aromatic carbocycles. The first kappa shape index (κ1) is 21.0. The van der Waals surface area contributed by atoms with Gasteiger partial charge in [0.05, 0.1) is 25.4 Å². The highest BCUT2D eigenvalue weighted by Crippen LogP contribution is 2.57. The number of aromatic amines is 1. The van der Waals surface area contributed by atoms with Gasteiger partial charge in [0.15, 0.2) is 0 Å². The molecule has 1 atom stereocenters. The second-order valence-corrected chi connectivity index (χ2v) is 10.3. The fraction of sp³-hybridized carbons (Fsp3) is 0.458. The van der Waals surface area contributed by atoms with Crippen molar-refractivity contribution < 1.29 is 9.53 Å². The summed E-state index contributed by atoms with van der Waals surface area (Å²) < 4.78 is 5.77. The number of hydrogen-bond acceptors (Lipinski definition) is 6. The number of fused-ring (bicyclic) bond motifs is 1. The Bertz CT molecular complexity index is 1220. The first-order valence-electron chi connectivity index (χ1n) is 11.0. The smallest absolute Gasteiger partial charge is 0.260 e. The Balaban J connectivity index is 1.50. The van der Waals surface area contributed by atoms with Crippen LogP contribution in [0.2, 0.25) is 0 Å². The number of primary amides is 1. The van der Waals surface area contributed by atoms with Crippen LogP contribution in [0.4, 0.5) is 0 Å². The van der Waals surface area contributed by atoms with Crippen molar-refractivity contribution in [2.45, 2.75) is 45.2 Å². The third kappa shape index (κ3) is 3.46. The molecule has 2 aliphatic rings. The third-order valence-corrected chi connectivity index (χ3v) is 8.40. The largest absolute Gasteiger partial charge is 0.496 e. The Labute approximate surface area is 191 Å². The standard InChI is InChI=1S/C24H27N5O2S/c1-14-7-19(31-2)17(16-3-5-27-21(14)16)13-29-6-4-24(8-15(9-24)11-25)10-18(29)23-28-12-20(32-23)22(26)30/h3,5,7,12,15,18,27H,4,6,8-10,13H2,1-2H3,(H2,26,30). The van der Waals surface area contributed by atoms with Crippen molar-refractivity contribution in [2.75, 3.05) is 13.7 Å². The predicted octanol–water partition coefficient (Wildman–Crippen LogP) is 4.30. The zero-order valence-electron chi connectivity index (χ0n) is 18.4. The number of hydrogen-bond donors (Lipinski definition) is 2. The van der Waals surface area contributed by atoms with E-state index in [-0.39, 0.29) is 17.4 Å². The lowest BCUT2D eigenvalue weighted by Gasteiger charge is -2.53.